The largest absolute Gasteiger partial charge is 0.314 e. The summed E-state index contributed by atoms with van der Waals surface area (Å²) in [5, 5.41) is 12.7. The van der Waals surface area contributed by atoms with Crippen LogP contribution in [0.4, 0.5) is 0 Å². The number of hydrogen-bond donors (Lipinski definition) is 1. The molecule has 0 aromatic heterocycles. The van der Waals surface area contributed by atoms with Crippen LogP contribution in [0.25, 0.3) is 0 Å². The molecule has 0 aromatic carbocycles. The maximum absolute atomic E-state index is 9.36. The first-order valence-corrected chi connectivity index (χ1v) is 5.29. The van der Waals surface area contributed by atoms with E-state index in [2.05, 4.69) is 44.0 Å². The van der Waals surface area contributed by atoms with E-state index < -0.39 is 0 Å². The molecule has 3 heteroatoms. The normalized spacial score (nSPS) is 23.9. The van der Waals surface area contributed by atoms with Crippen LogP contribution in [0.3, 0.4) is 0 Å². The van der Waals surface area contributed by atoms with Gasteiger partial charge in [-0.25, -0.2) is 0 Å². The first kappa shape index (κ1) is 11.5. The summed E-state index contributed by atoms with van der Waals surface area (Å²) in [6.45, 7) is 12.4. The molecule has 0 spiro atoms. The number of piperazine rings is 1. The van der Waals surface area contributed by atoms with E-state index >= 15 is 0 Å². The van der Waals surface area contributed by atoms with Crippen molar-refractivity contribution >= 4 is 0 Å². The second kappa shape index (κ2) is 3.88. The SMILES string of the molecule is CC(C)(C)C(C)(C#N)N1CCNCC1. The zero-order valence-corrected chi connectivity index (χ0v) is 9.72. The molecule has 1 atom stereocenters. The third-order valence-electron chi connectivity index (χ3n) is 3.43. The molecule has 14 heavy (non-hydrogen) atoms. The van der Waals surface area contributed by atoms with Gasteiger partial charge in [-0.05, 0) is 12.3 Å². The van der Waals surface area contributed by atoms with Gasteiger partial charge in [0, 0.05) is 26.2 Å². The molecular weight excluding hydrogens is 174 g/mol. The number of nitrogens with zero attached hydrogens (tertiary/aromatic N) is 2. The molecule has 1 aliphatic rings. The van der Waals surface area contributed by atoms with Gasteiger partial charge in [-0.15, -0.1) is 0 Å². The summed E-state index contributed by atoms with van der Waals surface area (Å²) in [7, 11) is 0. The van der Waals surface area contributed by atoms with Crippen molar-refractivity contribution in [2.45, 2.75) is 33.2 Å². The van der Waals surface area contributed by atoms with Crippen molar-refractivity contribution in [2.24, 2.45) is 5.41 Å². The van der Waals surface area contributed by atoms with Gasteiger partial charge in [0.15, 0.2) is 0 Å². The molecule has 0 saturated carbocycles. The van der Waals surface area contributed by atoms with Crippen molar-refractivity contribution < 1.29 is 0 Å². The summed E-state index contributed by atoms with van der Waals surface area (Å²) >= 11 is 0. The summed E-state index contributed by atoms with van der Waals surface area (Å²) in [5.74, 6) is 0. The van der Waals surface area contributed by atoms with Crippen molar-refractivity contribution in [3.05, 3.63) is 0 Å². The quantitative estimate of drug-likeness (QED) is 0.684. The lowest BCUT2D eigenvalue weighted by Crippen LogP contribution is -2.59. The third-order valence-corrected chi connectivity index (χ3v) is 3.43. The number of hydrogen-bond acceptors (Lipinski definition) is 3. The van der Waals surface area contributed by atoms with Gasteiger partial charge < -0.3 is 5.32 Å². The third kappa shape index (κ3) is 1.92. The van der Waals surface area contributed by atoms with Gasteiger partial charge in [-0.3, -0.25) is 4.90 Å². The molecule has 1 heterocycles. The lowest BCUT2D eigenvalue weighted by molar-refractivity contribution is 0.0433. The zero-order valence-electron chi connectivity index (χ0n) is 9.72. The molecule has 1 saturated heterocycles. The van der Waals surface area contributed by atoms with Gasteiger partial charge >= 0.3 is 0 Å². The monoisotopic (exact) mass is 195 g/mol. The van der Waals surface area contributed by atoms with Crippen molar-refractivity contribution in [3.8, 4) is 6.07 Å². The Morgan fingerprint density at radius 2 is 1.64 bits per heavy atom. The van der Waals surface area contributed by atoms with E-state index in [9.17, 15) is 5.26 Å². The topological polar surface area (TPSA) is 39.1 Å². The summed E-state index contributed by atoms with van der Waals surface area (Å²) in [5.41, 5.74) is -0.353. The minimum Gasteiger partial charge on any atom is -0.314 e. The van der Waals surface area contributed by atoms with E-state index in [0.29, 0.717) is 0 Å². The molecule has 0 aromatic rings. The average Bonchev–Trinajstić information content (AvgIpc) is 2.16. The molecule has 80 valence electrons. The van der Waals surface area contributed by atoms with Crippen molar-refractivity contribution in [1.29, 1.82) is 5.26 Å². The zero-order chi connectivity index (χ0) is 10.8. The van der Waals surface area contributed by atoms with Crippen LogP contribution >= 0.6 is 0 Å². The predicted molar refractivity (Wildman–Crippen MR) is 57.9 cm³/mol. The first-order chi connectivity index (χ1) is 6.42. The van der Waals surface area contributed by atoms with Crippen LogP contribution in [-0.2, 0) is 0 Å². The highest BCUT2D eigenvalue weighted by molar-refractivity contribution is 5.12. The second-order valence-corrected chi connectivity index (χ2v) is 5.17. The fourth-order valence-electron chi connectivity index (χ4n) is 1.82. The van der Waals surface area contributed by atoms with Gasteiger partial charge in [0.1, 0.15) is 5.54 Å². The Labute approximate surface area is 87.1 Å². The van der Waals surface area contributed by atoms with Gasteiger partial charge in [0.25, 0.3) is 0 Å². The maximum atomic E-state index is 9.36. The molecule has 0 aliphatic carbocycles. The van der Waals surface area contributed by atoms with Crippen LogP contribution in [0, 0.1) is 16.7 Å². The van der Waals surface area contributed by atoms with E-state index in [-0.39, 0.29) is 11.0 Å². The van der Waals surface area contributed by atoms with E-state index in [1.807, 2.05) is 0 Å². The fraction of sp³-hybridized carbons (Fsp3) is 0.909. The molecule has 3 nitrogen and oxygen atoms in total. The van der Waals surface area contributed by atoms with Crippen LogP contribution < -0.4 is 5.32 Å². The Balaban J connectivity index is 2.84. The minimum atomic E-state index is -0.352. The highest BCUT2D eigenvalue weighted by atomic mass is 15.2. The van der Waals surface area contributed by atoms with Crippen LogP contribution in [-0.4, -0.2) is 36.6 Å². The molecule has 0 bridgehead atoms. The van der Waals surface area contributed by atoms with Gasteiger partial charge in [-0.1, -0.05) is 20.8 Å². The summed E-state index contributed by atoms with van der Waals surface area (Å²) in [4.78, 5) is 2.30. The van der Waals surface area contributed by atoms with Gasteiger partial charge in [0.05, 0.1) is 6.07 Å². The molecule has 0 amide bonds. The van der Waals surface area contributed by atoms with Crippen molar-refractivity contribution in [1.82, 2.24) is 10.2 Å². The fourth-order valence-corrected chi connectivity index (χ4v) is 1.82. The summed E-state index contributed by atoms with van der Waals surface area (Å²) < 4.78 is 0. The first-order valence-electron chi connectivity index (χ1n) is 5.29. The lowest BCUT2D eigenvalue weighted by atomic mass is 9.74. The van der Waals surface area contributed by atoms with Crippen LogP contribution in [0.15, 0.2) is 0 Å². The van der Waals surface area contributed by atoms with Crippen LogP contribution in [0.1, 0.15) is 27.7 Å². The average molecular weight is 195 g/mol. The number of nitriles is 1. The van der Waals surface area contributed by atoms with E-state index in [1.54, 1.807) is 0 Å². The van der Waals surface area contributed by atoms with Gasteiger partial charge in [-0.2, -0.15) is 5.26 Å². The predicted octanol–water partition coefficient (Wildman–Crippen LogP) is 1.22. The molecule has 1 unspecified atom stereocenters. The number of nitrogens with one attached hydrogen (secondary N) is 1. The molecular formula is C11H21N3. The Morgan fingerprint density at radius 3 is 2.00 bits per heavy atom. The maximum Gasteiger partial charge on any atom is 0.111 e. The van der Waals surface area contributed by atoms with Crippen LogP contribution in [0.5, 0.6) is 0 Å². The Bertz CT molecular complexity index is 230. The Hall–Kier alpha value is -0.590. The number of rotatable bonds is 1. The Kier molecular flexibility index (Phi) is 3.18. The highest BCUT2D eigenvalue weighted by Gasteiger charge is 2.43. The molecule has 1 aliphatic heterocycles. The molecule has 1 fully saturated rings. The van der Waals surface area contributed by atoms with E-state index in [0.717, 1.165) is 26.2 Å². The smallest absolute Gasteiger partial charge is 0.111 e. The lowest BCUT2D eigenvalue weighted by Gasteiger charge is -2.46. The second-order valence-electron chi connectivity index (χ2n) is 5.17. The molecule has 1 N–H and O–H groups in total. The van der Waals surface area contributed by atoms with E-state index in [1.165, 1.54) is 0 Å². The standard InChI is InChI=1S/C11H21N3/c1-10(2,3)11(4,9-12)14-7-5-13-6-8-14/h13H,5-8H2,1-4H3. The summed E-state index contributed by atoms with van der Waals surface area (Å²) in [6.07, 6.45) is 0. The van der Waals surface area contributed by atoms with Crippen molar-refractivity contribution in [2.75, 3.05) is 26.2 Å². The molecule has 0 radical (unpaired) electrons. The van der Waals surface area contributed by atoms with Gasteiger partial charge in [0.2, 0.25) is 0 Å². The highest BCUT2D eigenvalue weighted by Crippen LogP contribution is 2.34. The summed E-state index contributed by atoms with van der Waals surface area (Å²) in [6, 6.07) is 2.49. The minimum absolute atomic E-state index is 0.000903. The molecule has 1 rings (SSSR count). The van der Waals surface area contributed by atoms with Crippen molar-refractivity contribution in [3.63, 3.8) is 0 Å². The van der Waals surface area contributed by atoms with E-state index in [4.69, 9.17) is 0 Å². The van der Waals surface area contributed by atoms with Crippen LogP contribution in [0.2, 0.25) is 0 Å². The Morgan fingerprint density at radius 1 is 1.14 bits per heavy atom.